The van der Waals surface area contributed by atoms with Gasteiger partial charge in [-0.1, -0.05) is 6.07 Å². The van der Waals surface area contributed by atoms with Crippen LogP contribution in [0.15, 0.2) is 18.2 Å². The van der Waals surface area contributed by atoms with Crippen molar-refractivity contribution in [2.45, 2.75) is 19.9 Å². The summed E-state index contributed by atoms with van der Waals surface area (Å²) < 4.78 is 0. The Kier molecular flexibility index (Phi) is 7.21. The molecule has 0 unspecified atom stereocenters. The van der Waals surface area contributed by atoms with Crippen molar-refractivity contribution in [3.05, 3.63) is 29.6 Å². The van der Waals surface area contributed by atoms with Crippen molar-refractivity contribution in [1.82, 2.24) is 10.3 Å². The Labute approximate surface area is 102 Å². The predicted octanol–water partition coefficient (Wildman–Crippen LogP) is 1.60. The minimum atomic E-state index is 0.299. The van der Waals surface area contributed by atoms with E-state index in [1.54, 1.807) is 0 Å². The third kappa shape index (κ3) is 6.10. The number of aliphatic hydroxyl groups excluding tert-OH is 1. The van der Waals surface area contributed by atoms with Crippen molar-refractivity contribution in [3.63, 3.8) is 0 Å². The van der Waals surface area contributed by atoms with E-state index in [1.165, 1.54) is 0 Å². The van der Waals surface area contributed by atoms with Crippen molar-refractivity contribution in [3.8, 4) is 0 Å². The maximum Gasteiger partial charge on any atom is 0.0544 e. The van der Waals surface area contributed by atoms with E-state index in [1.807, 2.05) is 36.9 Å². The predicted molar refractivity (Wildman–Crippen MR) is 69.7 cm³/mol. The molecule has 2 N–H and O–H groups in total. The summed E-state index contributed by atoms with van der Waals surface area (Å²) in [7, 11) is 0. The van der Waals surface area contributed by atoms with Gasteiger partial charge in [0.1, 0.15) is 0 Å². The summed E-state index contributed by atoms with van der Waals surface area (Å²) >= 11 is 1.87. The summed E-state index contributed by atoms with van der Waals surface area (Å²) in [6.07, 6.45) is 0.893. The first-order chi connectivity index (χ1) is 7.83. The summed E-state index contributed by atoms with van der Waals surface area (Å²) in [5.74, 6) is 2.13. The molecule has 90 valence electrons. The van der Waals surface area contributed by atoms with Crippen LogP contribution in [0.5, 0.6) is 0 Å². The minimum absolute atomic E-state index is 0.299. The summed E-state index contributed by atoms with van der Waals surface area (Å²) in [6, 6.07) is 6.09. The largest absolute Gasteiger partial charge is 0.396 e. The van der Waals surface area contributed by atoms with Crippen LogP contribution in [-0.4, -0.2) is 34.7 Å². The highest BCUT2D eigenvalue weighted by Gasteiger charge is 1.94. The van der Waals surface area contributed by atoms with Crippen LogP contribution in [0.2, 0.25) is 0 Å². The van der Waals surface area contributed by atoms with Crippen molar-refractivity contribution in [1.29, 1.82) is 0 Å². The molecule has 0 saturated carbocycles. The number of pyridine rings is 1. The van der Waals surface area contributed by atoms with Crippen LogP contribution in [0.25, 0.3) is 0 Å². The molecule has 0 spiro atoms. The van der Waals surface area contributed by atoms with Crippen molar-refractivity contribution in [2.24, 2.45) is 0 Å². The van der Waals surface area contributed by atoms with Crippen LogP contribution >= 0.6 is 11.8 Å². The number of hydrogen-bond acceptors (Lipinski definition) is 4. The average Bonchev–Trinajstić information content (AvgIpc) is 2.28. The van der Waals surface area contributed by atoms with E-state index in [9.17, 15) is 0 Å². The standard InChI is InChI=1S/C12H20N2OS/c1-11-4-2-5-12(14-11)10-13-6-9-16-8-3-7-15/h2,4-5,13,15H,3,6-10H2,1H3. The highest BCUT2D eigenvalue weighted by Crippen LogP contribution is 2.01. The molecule has 4 heteroatoms. The van der Waals surface area contributed by atoms with Crippen molar-refractivity contribution >= 4 is 11.8 Å². The molecular formula is C12H20N2OS. The monoisotopic (exact) mass is 240 g/mol. The Balaban J connectivity index is 2.03. The van der Waals surface area contributed by atoms with Gasteiger partial charge >= 0.3 is 0 Å². The van der Waals surface area contributed by atoms with Gasteiger partial charge in [-0.25, -0.2) is 0 Å². The molecule has 0 radical (unpaired) electrons. The van der Waals surface area contributed by atoms with Gasteiger partial charge in [-0.3, -0.25) is 4.98 Å². The summed E-state index contributed by atoms with van der Waals surface area (Å²) in [5.41, 5.74) is 2.16. The Morgan fingerprint density at radius 3 is 3.00 bits per heavy atom. The lowest BCUT2D eigenvalue weighted by Gasteiger charge is -2.04. The fourth-order valence-electron chi connectivity index (χ4n) is 1.33. The third-order valence-electron chi connectivity index (χ3n) is 2.12. The quantitative estimate of drug-likeness (QED) is 0.677. The van der Waals surface area contributed by atoms with Gasteiger partial charge in [-0.15, -0.1) is 0 Å². The van der Waals surface area contributed by atoms with E-state index < -0.39 is 0 Å². The molecule has 1 heterocycles. The van der Waals surface area contributed by atoms with Gasteiger partial charge in [0, 0.05) is 31.1 Å². The normalized spacial score (nSPS) is 10.6. The number of thioether (sulfide) groups is 1. The molecule has 1 rings (SSSR count). The Morgan fingerprint density at radius 2 is 2.25 bits per heavy atom. The number of aryl methyl sites for hydroxylation is 1. The Morgan fingerprint density at radius 1 is 1.38 bits per heavy atom. The second-order valence-electron chi connectivity index (χ2n) is 3.64. The van der Waals surface area contributed by atoms with Crippen LogP contribution in [0, 0.1) is 6.92 Å². The van der Waals surface area contributed by atoms with E-state index in [-0.39, 0.29) is 0 Å². The summed E-state index contributed by atoms with van der Waals surface area (Å²) in [4.78, 5) is 4.42. The SMILES string of the molecule is Cc1cccc(CNCCSCCCO)n1. The molecule has 1 aromatic rings. The molecule has 1 aromatic heterocycles. The summed E-state index contributed by atoms with van der Waals surface area (Å²) in [5, 5.41) is 12.0. The van der Waals surface area contributed by atoms with Gasteiger partial charge in [-0.05, 0) is 31.2 Å². The van der Waals surface area contributed by atoms with Crippen LogP contribution in [0.4, 0.5) is 0 Å². The number of nitrogens with one attached hydrogen (secondary N) is 1. The highest BCUT2D eigenvalue weighted by molar-refractivity contribution is 7.99. The maximum atomic E-state index is 8.61. The van der Waals surface area contributed by atoms with Crippen molar-refractivity contribution < 1.29 is 5.11 Å². The molecule has 3 nitrogen and oxygen atoms in total. The third-order valence-corrected chi connectivity index (χ3v) is 3.19. The van der Waals surface area contributed by atoms with Gasteiger partial charge in [0.2, 0.25) is 0 Å². The minimum Gasteiger partial charge on any atom is -0.396 e. The van der Waals surface area contributed by atoms with Crippen LogP contribution in [0.1, 0.15) is 17.8 Å². The molecule has 0 fully saturated rings. The molecule has 0 saturated heterocycles. The number of nitrogens with zero attached hydrogens (tertiary/aromatic N) is 1. The number of aromatic nitrogens is 1. The molecule has 0 amide bonds. The lowest BCUT2D eigenvalue weighted by Crippen LogP contribution is -2.17. The smallest absolute Gasteiger partial charge is 0.0544 e. The Hall–Kier alpha value is -0.580. The second-order valence-corrected chi connectivity index (χ2v) is 4.86. The zero-order chi connectivity index (χ0) is 11.6. The second kappa shape index (κ2) is 8.56. The lowest BCUT2D eigenvalue weighted by atomic mass is 10.3. The maximum absolute atomic E-state index is 8.61. The van der Waals surface area contributed by atoms with Gasteiger partial charge < -0.3 is 10.4 Å². The molecule has 0 atom stereocenters. The highest BCUT2D eigenvalue weighted by atomic mass is 32.2. The number of hydrogen-bond donors (Lipinski definition) is 2. The molecule has 0 bridgehead atoms. The molecule has 0 aliphatic rings. The first-order valence-electron chi connectivity index (χ1n) is 5.65. The first kappa shape index (κ1) is 13.5. The lowest BCUT2D eigenvalue weighted by molar-refractivity contribution is 0.296. The van der Waals surface area contributed by atoms with Gasteiger partial charge in [0.15, 0.2) is 0 Å². The first-order valence-corrected chi connectivity index (χ1v) is 6.80. The van der Waals surface area contributed by atoms with Crippen LogP contribution < -0.4 is 5.32 Å². The van der Waals surface area contributed by atoms with Crippen LogP contribution in [-0.2, 0) is 6.54 Å². The van der Waals surface area contributed by atoms with Crippen molar-refractivity contribution in [2.75, 3.05) is 24.7 Å². The summed E-state index contributed by atoms with van der Waals surface area (Å²) in [6.45, 7) is 4.13. The topological polar surface area (TPSA) is 45.1 Å². The zero-order valence-electron chi connectivity index (χ0n) is 9.78. The fraction of sp³-hybridized carbons (Fsp3) is 0.583. The number of rotatable bonds is 8. The van der Waals surface area contributed by atoms with E-state index in [2.05, 4.69) is 10.3 Å². The number of aliphatic hydroxyl groups is 1. The van der Waals surface area contributed by atoms with E-state index in [0.717, 1.165) is 42.4 Å². The van der Waals surface area contributed by atoms with Gasteiger partial charge in [-0.2, -0.15) is 11.8 Å². The van der Waals surface area contributed by atoms with Gasteiger partial charge in [0.05, 0.1) is 5.69 Å². The molecule has 0 aliphatic carbocycles. The van der Waals surface area contributed by atoms with Crippen LogP contribution in [0.3, 0.4) is 0 Å². The fourth-order valence-corrected chi connectivity index (χ4v) is 2.15. The molecule has 16 heavy (non-hydrogen) atoms. The zero-order valence-corrected chi connectivity index (χ0v) is 10.6. The average molecular weight is 240 g/mol. The van der Waals surface area contributed by atoms with E-state index >= 15 is 0 Å². The Bertz CT molecular complexity index is 294. The molecular weight excluding hydrogens is 220 g/mol. The molecule has 0 aromatic carbocycles. The van der Waals surface area contributed by atoms with E-state index in [4.69, 9.17) is 5.11 Å². The van der Waals surface area contributed by atoms with Gasteiger partial charge in [0.25, 0.3) is 0 Å². The molecule has 0 aliphatic heterocycles. The van der Waals surface area contributed by atoms with E-state index in [0.29, 0.717) is 6.61 Å².